The Balaban J connectivity index is 1.45. The van der Waals surface area contributed by atoms with Crippen molar-refractivity contribution in [3.63, 3.8) is 0 Å². The first kappa shape index (κ1) is 15.3. The van der Waals surface area contributed by atoms with Crippen LogP contribution in [0, 0.1) is 5.82 Å². The van der Waals surface area contributed by atoms with Gasteiger partial charge < -0.3 is 10.6 Å². The summed E-state index contributed by atoms with van der Waals surface area (Å²) in [4.78, 5) is 15.8. The Hall–Kier alpha value is -2.63. The minimum Gasteiger partial charge on any atom is -0.383 e. The standard InChI is InChI=1S/C17H19FN4O/c18-15-4-2-1-3-12(15)9-10-19-14-7-8-16(20-11-14)22-17(23)21-13-5-6-13/h1-4,7-8,11,13,19H,5-6,9-10H2,(H2,20,21,22,23). The van der Waals surface area contributed by atoms with Gasteiger partial charge in [0.1, 0.15) is 11.6 Å². The molecule has 0 aliphatic heterocycles. The van der Waals surface area contributed by atoms with E-state index < -0.39 is 0 Å². The van der Waals surface area contributed by atoms with Crippen LogP contribution in [0.15, 0.2) is 42.6 Å². The zero-order valence-electron chi connectivity index (χ0n) is 12.7. The van der Waals surface area contributed by atoms with Crippen LogP contribution >= 0.6 is 0 Å². The molecule has 0 bridgehead atoms. The fraction of sp³-hybridized carbons (Fsp3) is 0.294. The van der Waals surface area contributed by atoms with Crippen molar-refractivity contribution >= 4 is 17.5 Å². The normalized spacial score (nSPS) is 13.4. The molecule has 0 radical (unpaired) electrons. The second-order valence-corrected chi connectivity index (χ2v) is 5.57. The number of nitrogens with zero attached hydrogens (tertiary/aromatic N) is 1. The van der Waals surface area contributed by atoms with E-state index in [4.69, 9.17) is 0 Å². The first-order chi connectivity index (χ1) is 11.2. The molecule has 3 rings (SSSR count). The summed E-state index contributed by atoms with van der Waals surface area (Å²) in [5.74, 6) is 0.316. The summed E-state index contributed by atoms with van der Waals surface area (Å²) in [6, 6.07) is 10.4. The summed E-state index contributed by atoms with van der Waals surface area (Å²) in [7, 11) is 0. The third-order valence-electron chi connectivity index (χ3n) is 3.60. The molecule has 0 atom stereocenters. The van der Waals surface area contributed by atoms with Gasteiger partial charge in [0.15, 0.2) is 0 Å². The summed E-state index contributed by atoms with van der Waals surface area (Å²) < 4.78 is 13.5. The molecule has 23 heavy (non-hydrogen) atoms. The van der Waals surface area contributed by atoms with Gasteiger partial charge in [0, 0.05) is 12.6 Å². The molecular formula is C17H19FN4O. The predicted molar refractivity (Wildman–Crippen MR) is 88.0 cm³/mol. The molecule has 2 amide bonds. The molecule has 120 valence electrons. The van der Waals surface area contributed by atoms with Gasteiger partial charge in [-0.2, -0.15) is 0 Å². The monoisotopic (exact) mass is 314 g/mol. The highest BCUT2D eigenvalue weighted by Crippen LogP contribution is 2.18. The summed E-state index contributed by atoms with van der Waals surface area (Å²) >= 11 is 0. The van der Waals surface area contributed by atoms with Gasteiger partial charge in [-0.15, -0.1) is 0 Å². The summed E-state index contributed by atoms with van der Waals surface area (Å²) in [6.07, 6.45) is 4.34. The van der Waals surface area contributed by atoms with Crippen LogP contribution in [0.5, 0.6) is 0 Å². The second kappa shape index (κ2) is 7.09. The number of pyridine rings is 1. The highest BCUT2D eigenvalue weighted by Gasteiger charge is 2.23. The van der Waals surface area contributed by atoms with Gasteiger partial charge in [-0.05, 0) is 43.0 Å². The average molecular weight is 314 g/mol. The van der Waals surface area contributed by atoms with E-state index in [1.807, 2.05) is 12.1 Å². The molecule has 1 aliphatic carbocycles. The van der Waals surface area contributed by atoms with Crippen molar-refractivity contribution < 1.29 is 9.18 Å². The summed E-state index contributed by atoms with van der Waals surface area (Å²) in [6.45, 7) is 0.609. The Labute approximate surface area is 134 Å². The molecule has 5 nitrogen and oxygen atoms in total. The molecule has 0 spiro atoms. The molecule has 1 aliphatic rings. The van der Waals surface area contributed by atoms with Crippen LogP contribution < -0.4 is 16.0 Å². The molecule has 1 saturated carbocycles. The quantitative estimate of drug-likeness (QED) is 0.767. The van der Waals surface area contributed by atoms with Crippen LogP contribution in [0.2, 0.25) is 0 Å². The van der Waals surface area contributed by atoms with Crippen molar-refractivity contribution in [3.8, 4) is 0 Å². The molecule has 0 unspecified atom stereocenters. The largest absolute Gasteiger partial charge is 0.383 e. The van der Waals surface area contributed by atoms with E-state index in [1.54, 1.807) is 24.4 Å². The smallest absolute Gasteiger partial charge is 0.320 e. The molecule has 1 heterocycles. The van der Waals surface area contributed by atoms with Gasteiger partial charge in [-0.25, -0.2) is 14.2 Å². The Morgan fingerprint density at radius 3 is 2.74 bits per heavy atom. The molecular weight excluding hydrogens is 295 g/mol. The molecule has 3 N–H and O–H groups in total. The number of carbonyl (C=O) groups is 1. The number of urea groups is 1. The van der Waals surface area contributed by atoms with E-state index in [0.717, 1.165) is 18.5 Å². The Kier molecular flexibility index (Phi) is 4.71. The Bertz CT molecular complexity index is 671. The number of rotatable bonds is 6. The maximum Gasteiger partial charge on any atom is 0.320 e. The number of aromatic nitrogens is 1. The summed E-state index contributed by atoms with van der Waals surface area (Å²) in [5.41, 5.74) is 1.51. The van der Waals surface area contributed by atoms with Gasteiger partial charge in [-0.3, -0.25) is 5.32 Å². The van der Waals surface area contributed by atoms with Crippen LogP contribution in [0.1, 0.15) is 18.4 Å². The second-order valence-electron chi connectivity index (χ2n) is 5.57. The molecule has 1 aromatic carbocycles. The lowest BCUT2D eigenvalue weighted by atomic mass is 10.1. The molecule has 2 aromatic rings. The number of amides is 2. The highest BCUT2D eigenvalue weighted by atomic mass is 19.1. The van der Waals surface area contributed by atoms with Crippen LogP contribution in [0.4, 0.5) is 20.7 Å². The van der Waals surface area contributed by atoms with Crippen molar-refractivity contribution in [3.05, 3.63) is 54.0 Å². The van der Waals surface area contributed by atoms with Crippen molar-refractivity contribution in [1.29, 1.82) is 0 Å². The van der Waals surface area contributed by atoms with Gasteiger partial charge in [0.05, 0.1) is 11.9 Å². The molecule has 1 fully saturated rings. The lowest BCUT2D eigenvalue weighted by molar-refractivity contribution is 0.251. The fourth-order valence-electron chi connectivity index (χ4n) is 2.18. The first-order valence-corrected chi connectivity index (χ1v) is 7.71. The minimum absolute atomic E-state index is 0.186. The van der Waals surface area contributed by atoms with E-state index in [1.165, 1.54) is 6.07 Å². The highest BCUT2D eigenvalue weighted by molar-refractivity contribution is 5.88. The van der Waals surface area contributed by atoms with Crippen LogP contribution in [0.3, 0.4) is 0 Å². The lowest BCUT2D eigenvalue weighted by Crippen LogP contribution is -2.30. The van der Waals surface area contributed by atoms with E-state index in [2.05, 4.69) is 20.9 Å². The molecule has 6 heteroatoms. The van der Waals surface area contributed by atoms with E-state index >= 15 is 0 Å². The zero-order valence-corrected chi connectivity index (χ0v) is 12.7. The average Bonchev–Trinajstić information content (AvgIpc) is 3.35. The fourth-order valence-corrected chi connectivity index (χ4v) is 2.18. The molecule has 1 aromatic heterocycles. The van der Waals surface area contributed by atoms with Gasteiger partial charge in [0.25, 0.3) is 0 Å². The Morgan fingerprint density at radius 1 is 1.22 bits per heavy atom. The number of anilines is 2. The first-order valence-electron chi connectivity index (χ1n) is 7.71. The van der Waals surface area contributed by atoms with Crippen LogP contribution in [0.25, 0.3) is 0 Å². The van der Waals surface area contributed by atoms with Crippen molar-refractivity contribution in [2.45, 2.75) is 25.3 Å². The molecule has 0 saturated heterocycles. The predicted octanol–water partition coefficient (Wildman–Crippen LogP) is 3.16. The van der Waals surface area contributed by atoms with Crippen LogP contribution in [-0.4, -0.2) is 23.6 Å². The number of halogens is 1. The van der Waals surface area contributed by atoms with Crippen molar-refractivity contribution in [2.75, 3.05) is 17.2 Å². The van der Waals surface area contributed by atoms with Gasteiger partial charge >= 0.3 is 6.03 Å². The van der Waals surface area contributed by atoms with E-state index in [0.29, 0.717) is 30.4 Å². The zero-order chi connectivity index (χ0) is 16.1. The Morgan fingerprint density at radius 2 is 2.04 bits per heavy atom. The number of hydrogen-bond acceptors (Lipinski definition) is 3. The summed E-state index contributed by atoms with van der Waals surface area (Å²) in [5, 5.41) is 8.71. The third kappa shape index (κ3) is 4.67. The number of benzene rings is 1. The van der Waals surface area contributed by atoms with E-state index in [9.17, 15) is 9.18 Å². The SMILES string of the molecule is O=C(Nc1ccc(NCCc2ccccc2F)cn1)NC1CC1. The number of hydrogen-bond donors (Lipinski definition) is 3. The maximum absolute atomic E-state index is 13.5. The maximum atomic E-state index is 13.5. The number of carbonyl (C=O) groups excluding carboxylic acids is 1. The van der Waals surface area contributed by atoms with Crippen molar-refractivity contribution in [2.24, 2.45) is 0 Å². The number of nitrogens with one attached hydrogen (secondary N) is 3. The topological polar surface area (TPSA) is 66.0 Å². The minimum atomic E-state index is -0.222. The van der Waals surface area contributed by atoms with Crippen molar-refractivity contribution in [1.82, 2.24) is 10.3 Å². The van der Waals surface area contributed by atoms with Crippen LogP contribution in [-0.2, 0) is 6.42 Å². The van der Waals surface area contributed by atoms with E-state index in [-0.39, 0.29) is 11.8 Å². The van der Waals surface area contributed by atoms with Gasteiger partial charge in [0.2, 0.25) is 0 Å². The third-order valence-corrected chi connectivity index (χ3v) is 3.60. The lowest BCUT2D eigenvalue weighted by Gasteiger charge is -2.09. The van der Waals surface area contributed by atoms with Gasteiger partial charge in [-0.1, -0.05) is 18.2 Å².